The van der Waals surface area contributed by atoms with Crippen molar-refractivity contribution in [3.63, 3.8) is 0 Å². The van der Waals surface area contributed by atoms with Gasteiger partial charge in [0, 0.05) is 28.9 Å². The summed E-state index contributed by atoms with van der Waals surface area (Å²) in [5, 5.41) is 2.88. The molecule has 0 saturated carbocycles. The van der Waals surface area contributed by atoms with Crippen molar-refractivity contribution in [3.8, 4) is 5.75 Å². The van der Waals surface area contributed by atoms with Crippen LogP contribution in [0.1, 0.15) is 25.0 Å². The molecule has 8 nitrogen and oxygen atoms in total. The van der Waals surface area contributed by atoms with Crippen LogP contribution in [0.5, 0.6) is 5.75 Å². The molecule has 2 amide bonds. The van der Waals surface area contributed by atoms with Crippen LogP contribution in [-0.4, -0.2) is 57.1 Å². The van der Waals surface area contributed by atoms with Crippen LogP contribution in [0.4, 0.5) is 5.69 Å². The molecule has 0 spiro atoms. The van der Waals surface area contributed by atoms with Crippen molar-refractivity contribution in [1.29, 1.82) is 0 Å². The third-order valence-corrected chi connectivity index (χ3v) is 10.3. The number of carbonyl (C=O) groups excluding carboxylic acids is 2. The van der Waals surface area contributed by atoms with Gasteiger partial charge in [-0.25, -0.2) is 8.42 Å². The molecule has 1 N–H and O–H groups in total. The minimum absolute atomic E-state index is 0.0510. The van der Waals surface area contributed by atoms with E-state index in [0.717, 1.165) is 24.8 Å². The molecule has 0 saturated heterocycles. The third kappa shape index (κ3) is 9.14. The summed E-state index contributed by atoms with van der Waals surface area (Å²) >= 11 is 5.00. The predicted octanol–water partition coefficient (Wildman–Crippen LogP) is 6.54. The van der Waals surface area contributed by atoms with Crippen LogP contribution in [0, 0.1) is 0 Å². The van der Waals surface area contributed by atoms with Gasteiger partial charge in [0.1, 0.15) is 18.3 Å². The normalized spacial score (nSPS) is 11.8. The van der Waals surface area contributed by atoms with Crippen molar-refractivity contribution in [2.45, 2.75) is 42.6 Å². The molecule has 4 aromatic carbocycles. The Morgan fingerprint density at radius 2 is 1.57 bits per heavy atom. The standard InChI is InChI=1S/C35H38BrN3O5S2/c1-4-37-35(41)33(23-26-10-7-6-8-11-26)38(24-27-12-9-13-28(36)22-27)34(40)25-39(29-14-16-30(17-15-29)44-5-2)46(42,43)32-20-18-31(45-3)19-21-32/h6-22,33H,4-5,23-25H2,1-3H3,(H,37,41)/t33-/m1/s1. The van der Waals surface area contributed by atoms with Crippen molar-refractivity contribution >= 4 is 55.2 Å². The van der Waals surface area contributed by atoms with Crippen LogP contribution in [0.2, 0.25) is 0 Å². The second-order valence-corrected chi connectivity index (χ2v) is 14.0. The largest absolute Gasteiger partial charge is 0.494 e. The van der Waals surface area contributed by atoms with Gasteiger partial charge >= 0.3 is 0 Å². The van der Waals surface area contributed by atoms with Gasteiger partial charge in [-0.3, -0.25) is 13.9 Å². The molecule has 46 heavy (non-hydrogen) atoms. The van der Waals surface area contributed by atoms with Gasteiger partial charge in [0.15, 0.2) is 0 Å². The number of halogens is 1. The SMILES string of the molecule is CCNC(=O)[C@@H](Cc1ccccc1)N(Cc1cccc(Br)c1)C(=O)CN(c1ccc(OCC)cc1)S(=O)(=O)c1ccc(SC)cc1. The number of hydrogen-bond acceptors (Lipinski definition) is 6. The number of thioether (sulfide) groups is 1. The Bertz CT molecular complexity index is 1700. The Morgan fingerprint density at radius 3 is 2.17 bits per heavy atom. The van der Waals surface area contributed by atoms with E-state index in [1.54, 1.807) is 48.5 Å². The number of anilines is 1. The molecule has 0 heterocycles. The Hall–Kier alpha value is -3.80. The first-order chi connectivity index (χ1) is 22.2. The van der Waals surface area contributed by atoms with Gasteiger partial charge < -0.3 is 15.0 Å². The lowest BCUT2D eigenvalue weighted by molar-refractivity contribution is -0.140. The highest BCUT2D eigenvalue weighted by atomic mass is 79.9. The maximum absolute atomic E-state index is 14.5. The molecule has 11 heteroatoms. The van der Waals surface area contributed by atoms with E-state index in [0.29, 0.717) is 24.6 Å². The molecule has 1 atom stereocenters. The summed E-state index contributed by atoms with van der Waals surface area (Å²) in [6.07, 6.45) is 2.16. The third-order valence-electron chi connectivity index (χ3n) is 7.23. The van der Waals surface area contributed by atoms with Crippen molar-refractivity contribution in [3.05, 3.63) is 119 Å². The van der Waals surface area contributed by atoms with Crippen molar-refractivity contribution in [2.75, 3.05) is 30.3 Å². The summed E-state index contributed by atoms with van der Waals surface area (Å²) < 4.78 is 36.0. The molecule has 0 radical (unpaired) electrons. The number of nitrogens with zero attached hydrogens (tertiary/aromatic N) is 2. The maximum Gasteiger partial charge on any atom is 0.264 e. The summed E-state index contributed by atoms with van der Waals surface area (Å²) in [5.41, 5.74) is 1.95. The zero-order valence-corrected chi connectivity index (χ0v) is 29.3. The Morgan fingerprint density at radius 1 is 0.891 bits per heavy atom. The zero-order chi connectivity index (χ0) is 33.1. The number of ether oxygens (including phenoxy) is 1. The van der Waals surface area contributed by atoms with E-state index in [9.17, 15) is 18.0 Å². The number of carbonyl (C=O) groups is 2. The van der Waals surface area contributed by atoms with Gasteiger partial charge in [-0.2, -0.15) is 0 Å². The van der Waals surface area contributed by atoms with Crippen LogP contribution in [-0.2, 0) is 32.6 Å². The van der Waals surface area contributed by atoms with E-state index in [-0.39, 0.29) is 23.8 Å². The Kier molecular flexibility index (Phi) is 12.7. The second-order valence-electron chi connectivity index (χ2n) is 10.4. The number of hydrogen-bond donors (Lipinski definition) is 1. The first-order valence-electron chi connectivity index (χ1n) is 14.9. The predicted molar refractivity (Wildman–Crippen MR) is 188 cm³/mol. The minimum atomic E-state index is -4.20. The smallest absolute Gasteiger partial charge is 0.264 e. The topological polar surface area (TPSA) is 96.0 Å². The fourth-order valence-electron chi connectivity index (χ4n) is 4.96. The van der Waals surface area contributed by atoms with Crippen LogP contribution in [0.25, 0.3) is 0 Å². The summed E-state index contributed by atoms with van der Waals surface area (Å²) in [4.78, 5) is 30.6. The second kappa shape index (κ2) is 16.7. The molecule has 0 aromatic heterocycles. The maximum atomic E-state index is 14.5. The lowest BCUT2D eigenvalue weighted by atomic mass is 10.0. The molecule has 0 aliphatic rings. The van der Waals surface area contributed by atoms with Crippen LogP contribution in [0.15, 0.2) is 117 Å². The highest BCUT2D eigenvalue weighted by molar-refractivity contribution is 9.10. The number of likely N-dealkylation sites (N-methyl/N-ethyl adjacent to an activating group) is 1. The van der Waals surface area contributed by atoms with Gasteiger partial charge in [-0.15, -0.1) is 11.8 Å². The molecular formula is C35H38BrN3O5S2. The quantitative estimate of drug-likeness (QED) is 0.140. The van der Waals surface area contributed by atoms with Gasteiger partial charge in [-0.1, -0.05) is 58.4 Å². The van der Waals surface area contributed by atoms with Gasteiger partial charge in [0.05, 0.1) is 17.2 Å². The van der Waals surface area contributed by atoms with E-state index in [4.69, 9.17) is 4.74 Å². The lowest BCUT2D eigenvalue weighted by Crippen LogP contribution is -2.53. The number of rotatable bonds is 15. The van der Waals surface area contributed by atoms with E-state index in [1.165, 1.54) is 16.7 Å². The molecule has 4 rings (SSSR count). The minimum Gasteiger partial charge on any atom is -0.494 e. The number of amides is 2. The molecule has 0 aliphatic heterocycles. The van der Waals surface area contributed by atoms with Gasteiger partial charge in [-0.05, 0) is 91.9 Å². The highest BCUT2D eigenvalue weighted by Gasteiger charge is 2.34. The van der Waals surface area contributed by atoms with E-state index < -0.39 is 28.5 Å². The van der Waals surface area contributed by atoms with Crippen LogP contribution < -0.4 is 14.4 Å². The molecule has 0 aliphatic carbocycles. The van der Waals surface area contributed by atoms with Crippen molar-refractivity contribution in [2.24, 2.45) is 0 Å². The fourth-order valence-corrected chi connectivity index (χ4v) is 7.23. The summed E-state index contributed by atoms with van der Waals surface area (Å²) in [5.74, 6) is -0.266. The summed E-state index contributed by atoms with van der Waals surface area (Å²) in [6.45, 7) is 4.07. The first-order valence-corrected chi connectivity index (χ1v) is 18.4. The zero-order valence-electron chi connectivity index (χ0n) is 26.1. The van der Waals surface area contributed by atoms with Crippen molar-refractivity contribution < 1.29 is 22.7 Å². The Labute approximate surface area is 284 Å². The summed E-state index contributed by atoms with van der Waals surface area (Å²) in [7, 11) is -4.20. The number of sulfonamides is 1. The van der Waals surface area contributed by atoms with Crippen LogP contribution >= 0.6 is 27.7 Å². The number of nitrogens with one attached hydrogen (secondary N) is 1. The van der Waals surface area contributed by atoms with Gasteiger partial charge in [0.25, 0.3) is 10.0 Å². The Balaban J connectivity index is 1.79. The fraction of sp³-hybridized carbons (Fsp3) is 0.257. The average Bonchev–Trinajstić information content (AvgIpc) is 3.06. The molecule has 0 fully saturated rings. The molecule has 0 unspecified atom stereocenters. The average molecular weight is 725 g/mol. The molecule has 242 valence electrons. The van der Waals surface area contributed by atoms with E-state index >= 15 is 0 Å². The van der Waals surface area contributed by atoms with Gasteiger partial charge in [0.2, 0.25) is 11.8 Å². The van der Waals surface area contributed by atoms with E-state index in [1.807, 2.05) is 74.7 Å². The van der Waals surface area contributed by atoms with E-state index in [2.05, 4.69) is 21.2 Å². The molecule has 4 aromatic rings. The number of benzene rings is 4. The molecule has 0 bridgehead atoms. The lowest BCUT2D eigenvalue weighted by Gasteiger charge is -2.34. The summed E-state index contributed by atoms with van der Waals surface area (Å²) in [6, 6.07) is 29.2. The van der Waals surface area contributed by atoms with Crippen LogP contribution in [0.3, 0.4) is 0 Å². The monoisotopic (exact) mass is 723 g/mol. The van der Waals surface area contributed by atoms with Crippen molar-refractivity contribution in [1.82, 2.24) is 10.2 Å². The highest BCUT2D eigenvalue weighted by Crippen LogP contribution is 2.28. The first kappa shape index (κ1) is 35.1. The molecular weight excluding hydrogens is 686 g/mol.